The minimum atomic E-state index is 0. The van der Waals surface area contributed by atoms with Crippen LogP contribution in [0.3, 0.4) is 0 Å². The van der Waals surface area contributed by atoms with Gasteiger partial charge in [0.05, 0.1) is 5.69 Å². The minimum absolute atomic E-state index is 0. The molecule has 0 aliphatic heterocycles. The van der Waals surface area contributed by atoms with Gasteiger partial charge in [-0.1, -0.05) is 61.9 Å². The fourth-order valence-corrected chi connectivity index (χ4v) is 2.91. The molecule has 3 aromatic rings. The predicted octanol–water partition coefficient (Wildman–Crippen LogP) is 5.65. The Morgan fingerprint density at radius 1 is 0.857 bits per heavy atom. The van der Waals surface area contributed by atoms with E-state index in [2.05, 4.69) is 73.5 Å². The third kappa shape index (κ3) is 2.98. The molecule has 2 heteroatoms. The number of fused-ring (bicyclic) bond motifs is 2. The second kappa shape index (κ2) is 6.82. The maximum absolute atomic E-state index is 2.41. The fourth-order valence-electron chi connectivity index (χ4n) is 2.91. The molecule has 21 heavy (non-hydrogen) atoms. The standard InChI is InChI=1S/C19H21N.ClH/c1-3-4-13-20(2)19-17-11-7-5-9-15(17)14-16-10-6-8-12-18(16)19;/h5-12,14H,3-4,13H2,1-2H3;1H. The van der Waals surface area contributed by atoms with Crippen molar-refractivity contribution in [3.8, 4) is 0 Å². The molecule has 0 N–H and O–H groups in total. The van der Waals surface area contributed by atoms with Crippen LogP contribution < -0.4 is 4.90 Å². The predicted molar refractivity (Wildman–Crippen MR) is 96.9 cm³/mol. The van der Waals surface area contributed by atoms with E-state index >= 15 is 0 Å². The van der Waals surface area contributed by atoms with Gasteiger partial charge in [0.25, 0.3) is 0 Å². The van der Waals surface area contributed by atoms with Crippen LogP contribution in [0.5, 0.6) is 0 Å². The van der Waals surface area contributed by atoms with Crippen LogP contribution in [0, 0.1) is 0 Å². The number of anilines is 1. The van der Waals surface area contributed by atoms with Gasteiger partial charge in [0, 0.05) is 24.4 Å². The first kappa shape index (κ1) is 15.7. The molecule has 0 atom stereocenters. The SMILES string of the molecule is CCCCN(C)c1c2ccccc2cc2ccccc12.Cl. The van der Waals surface area contributed by atoms with Crippen LogP contribution in [0.2, 0.25) is 0 Å². The van der Waals surface area contributed by atoms with Gasteiger partial charge in [0.1, 0.15) is 0 Å². The lowest BCUT2D eigenvalue weighted by atomic mass is 10.00. The van der Waals surface area contributed by atoms with Gasteiger partial charge < -0.3 is 4.90 Å². The van der Waals surface area contributed by atoms with Gasteiger partial charge in [-0.25, -0.2) is 0 Å². The fraction of sp³-hybridized carbons (Fsp3) is 0.263. The lowest BCUT2D eigenvalue weighted by Gasteiger charge is -2.23. The Hall–Kier alpha value is -1.73. The van der Waals surface area contributed by atoms with Gasteiger partial charge >= 0.3 is 0 Å². The second-order valence-corrected chi connectivity index (χ2v) is 5.44. The zero-order valence-electron chi connectivity index (χ0n) is 12.7. The molecule has 0 bridgehead atoms. The van der Waals surface area contributed by atoms with Crippen LogP contribution >= 0.6 is 12.4 Å². The van der Waals surface area contributed by atoms with Crippen molar-refractivity contribution in [2.45, 2.75) is 19.8 Å². The Morgan fingerprint density at radius 3 is 1.90 bits per heavy atom. The van der Waals surface area contributed by atoms with E-state index in [4.69, 9.17) is 0 Å². The smallest absolute Gasteiger partial charge is 0.0522 e. The van der Waals surface area contributed by atoms with Crippen molar-refractivity contribution in [2.75, 3.05) is 18.5 Å². The molecule has 0 radical (unpaired) electrons. The van der Waals surface area contributed by atoms with Crippen molar-refractivity contribution in [1.29, 1.82) is 0 Å². The van der Waals surface area contributed by atoms with E-state index in [0.29, 0.717) is 0 Å². The topological polar surface area (TPSA) is 3.24 Å². The molecule has 0 amide bonds. The van der Waals surface area contributed by atoms with Gasteiger partial charge in [-0.15, -0.1) is 12.4 Å². The third-order valence-electron chi connectivity index (χ3n) is 3.97. The summed E-state index contributed by atoms with van der Waals surface area (Å²) in [5, 5.41) is 5.35. The highest BCUT2D eigenvalue weighted by Crippen LogP contribution is 2.35. The summed E-state index contributed by atoms with van der Waals surface area (Å²) < 4.78 is 0. The van der Waals surface area contributed by atoms with Crippen molar-refractivity contribution in [2.24, 2.45) is 0 Å². The summed E-state index contributed by atoms with van der Waals surface area (Å²) in [6, 6.07) is 19.7. The molecule has 0 heterocycles. The van der Waals surface area contributed by atoms with Gasteiger partial charge in [-0.3, -0.25) is 0 Å². The average molecular weight is 300 g/mol. The van der Waals surface area contributed by atoms with Gasteiger partial charge in [-0.2, -0.15) is 0 Å². The van der Waals surface area contributed by atoms with Crippen LogP contribution in [0.15, 0.2) is 54.6 Å². The highest BCUT2D eigenvalue weighted by atomic mass is 35.5. The van der Waals surface area contributed by atoms with E-state index in [1.54, 1.807) is 0 Å². The first-order valence-corrected chi connectivity index (χ1v) is 7.43. The molecule has 0 aromatic heterocycles. The summed E-state index contributed by atoms with van der Waals surface area (Å²) in [6.07, 6.45) is 2.46. The Balaban J connectivity index is 0.00000161. The van der Waals surface area contributed by atoms with Gasteiger partial charge in [0.2, 0.25) is 0 Å². The number of hydrogen-bond acceptors (Lipinski definition) is 1. The van der Waals surface area contributed by atoms with Crippen LogP contribution in [0.25, 0.3) is 21.5 Å². The van der Waals surface area contributed by atoms with Crippen LogP contribution in [-0.2, 0) is 0 Å². The highest BCUT2D eigenvalue weighted by molar-refractivity contribution is 6.11. The Bertz CT molecular complexity index is 682. The van der Waals surface area contributed by atoms with Crippen molar-refractivity contribution in [1.82, 2.24) is 0 Å². The van der Waals surface area contributed by atoms with E-state index in [1.165, 1.54) is 40.1 Å². The van der Waals surface area contributed by atoms with Crippen molar-refractivity contribution < 1.29 is 0 Å². The van der Waals surface area contributed by atoms with E-state index < -0.39 is 0 Å². The van der Waals surface area contributed by atoms with E-state index in [9.17, 15) is 0 Å². The zero-order chi connectivity index (χ0) is 13.9. The normalized spacial score (nSPS) is 10.6. The van der Waals surface area contributed by atoms with Crippen molar-refractivity contribution >= 4 is 39.6 Å². The van der Waals surface area contributed by atoms with Crippen LogP contribution in [0.1, 0.15) is 19.8 Å². The molecule has 0 saturated heterocycles. The molecule has 0 spiro atoms. The Kier molecular flexibility index (Phi) is 5.08. The molecule has 3 aromatic carbocycles. The maximum Gasteiger partial charge on any atom is 0.0522 e. The van der Waals surface area contributed by atoms with Crippen LogP contribution in [-0.4, -0.2) is 13.6 Å². The van der Waals surface area contributed by atoms with E-state index in [0.717, 1.165) is 6.54 Å². The molecule has 1 nitrogen and oxygen atoms in total. The summed E-state index contributed by atoms with van der Waals surface area (Å²) >= 11 is 0. The zero-order valence-corrected chi connectivity index (χ0v) is 13.5. The van der Waals surface area contributed by atoms with Crippen molar-refractivity contribution in [3.63, 3.8) is 0 Å². The van der Waals surface area contributed by atoms with Gasteiger partial charge in [-0.05, 0) is 23.3 Å². The monoisotopic (exact) mass is 299 g/mol. The summed E-state index contributed by atoms with van der Waals surface area (Å²) in [4.78, 5) is 2.41. The van der Waals surface area contributed by atoms with Crippen LogP contribution in [0.4, 0.5) is 5.69 Å². The quantitative estimate of drug-likeness (QED) is 0.563. The molecule has 110 valence electrons. The lowest BCUT2D eigenvalue weighted by Crippen LogP contribution is -2.18. The number of hydrogen-bond donors (Lipinski definition) is 0. The molecule has 0 aliphatic rings. The molecule has 0 fully saturated rings. The Morgan fingerprint density at radius 2 is 1.38 bits per heavy atom. The number of rotatable bonds is 4. The molecule has 0 saturated carbocycles. The van der Waals surface area contributed by atoms with Gasteiger partial charge in [0.15, 0.2) is 0 Å². The highest BCUT2D eigenvalue weighted by Gasteiger charge is 2.10. The summed E-state index contributed by atoms with van der Waals surface area (Å²) in [6.45, 7) is 3.35. The maximum atomic E-state index is 2.41. The largest absolute Gasteiger partial charge is 0.374 e. The number of nitrogens with zero attached hydrogens (tertiary/aromatic N) is 1. The third-order valence-corrected chi connectivity index (χ3v) is 3.97. The molecular formula is C19H22ClN. The lowest BCUT2D eigenvalue weighted by molar-refractivity contribution is 0.770. The molecule has 0 unspecified atom stereocenters. The first-order chi connectivity index (χ1) is 9.81. The summed E-state index contributed by atoms with van der Waals surface area (Å²) in [7, 11) is 2.21. The summed E-state index contributed by atoms with van der Waals surface area (Å²) in [5.74, 6) is 0. The second-order valence-electron chi connectivity index (χ2n) is 5.44. The number of halogens is 1. The number of unbranched alkanes of at least 4 members (excludes halogenated alkanes) is 1. The molecule has 0 aliphatic carbocycles. The minimum Gasteiger partial charge on any atom is -0.374 e. The Labute approximate surface area is 133 Å². The average Bonchev–Trinajstić information content (AvgIpc) is 2.50. The van der Waals surface area contributed by atoms with E-state index in [1.807, 2.05) is 0 Å². The van der Waals surface area contributed by atoms with Crippen molar-refractivity contribution in [3.05, 3.63) is 54.6 Å². The first-order valence-electron chi connectivity index (χ1n) is 7.43. The molecule has 3 rings (SSSR count). The number of benzene rings is 3. The van der Waals surface area contributed by atoms with E-state index in [-0.39, 0.29) is 12.4 Å². The summed E-state index contributed by atoms with van der Waals surface area (Å²) in [5.41, 5.74) is 1.37. The molecular weight excluding hydrogens is 278 g/mol.